The zero-order valence-corrected chi connectivity index (χ0v) is 12.7. The lowest BCUT2D eigenvalue weighted by Crippen LogP contribution is -2.21. The van der Waals surface area contributed by atoms with Crippen LogP contribution in [-0.4, -0.2) is 42.1 Å². The maximum absolute atomic E-state index is 5.61. The summed E-state index contributed by atoms with van der Waals surface area (Å²) in [6, 6.07) is 1.80. The molecular formula is C12H20BrN3O. The number of halogens is 1. The monoisotopic (exact) mass is 301 g/mol. The van der Waals surface area contributed by atoms with Crippen LogP contribution < -0.4 is 4.74 Å². The van der Waals surface area contributed by atoms with Gasteiger partial charge in [0.05, 0.1) is 0 Å². The molecule has 0 fully saturated rings. The minimum absolute atomic E-state index is 0.0799. The van der Waals surface area contributed by atoms with Crippen LogP contribution in [0.5, 0.6) is 5.88 Å². The molecule has 0 atom stereocenters. The molecule has 0 radical (unpaired) electrons. The first kappa shape index (κ1) is 14.4. The molecule has 0 unspecified atom stereocenters. The molecule has 4 nitrogen and oxygen atoms in total. The van der Waals surface area contributed by atoms with Gasteiger partial charge in [0.1, 0.15) is 17.0 Å². The van der Waals surface area contributed by atoms with E-state index in [0.29, 0.717) is 12.5 Å². The second-order valence-electron chi connectivity index (χ2n) is 5.25. The van der Waals surface area contributed by atoms with Crippen LogP contribution in [0.4, 0.5) is 0 Å². The summed E-state index contributed by atoms with van der Waals surface area (Å²) in [5.41, 5.74) is -0.0799. The number of nitrogens with zero attached hydrogens (tertiary/aromatic N) is 3. The number of aromatic nitrogens is 2. The summed E-state index contributed by atoms with van der Waals surface area (Å²) in [6.45, 7) is 7.74. The fourth-order valence-electron chi connectivity index (χ4n) is 1.14. The molecule has 0 saturated heterocycles. The Kier molecular flexibility index (Phi) is 4.89. The molecule has 0 spiro atoms. The van der Waals surface area contributed by atoms with Crippen LogP contribution in [0.2, 0.25) is 0 Å². The first-order chi connectivity index (χ1) is 7.79. The minimum Gasteiger partial charge on any atom is -0.476 e. The third-order valence-corrected chi connectivity index (χ3v) is 2.54. The van der Waals surface area contributed by atoms with Crippen LogP contribution in [0.1, 0.15) is 26.6 Å². The zero-order chi connectivity index (χ0) is 13.1. The Morgan fingerprint density at radius 3 is 2.47 bits per heavy atom. The molecule has 0 aliphatic carbocycles. The number of ether oxygens (including phenoxy) is 1. The highest BCUT2D eigenvalue weighted by Crippen LogP contribution is 2.23. The van der Waals surface area contributed by atoms with Crippen molar-refractivity contribution in [3.8, 4) is 5.88 Å². The largest absolute Gasteiger partial charge is 0.476 e. The van der Waals surface area contributed by atoms with Gasteiger partial charge in [-0.15, -0.1) is 0 Å². The van der Waals surface area contributed by atoms with E-state index in [9.17, 15) is 0 Å². The van der Waals surface area contributed by atoms with Gasteiger partial charge in [-0.2, -0.15) is 4.98 Å². The van der Waals surface area contributed by atoms with Crippen LogP contribution in [-0.2, 0) is 5.41 Å². The summed E-state index contributed by atoms with van der Waals surface area (Å²) in [4.78, 5) is 10.9. The third kappa shape index (κ3) is 5.00. The second kappa shape index (κ2) is 5.78. The van der Waals surface area contributed by atoms with E-state index in [1.54, 1.807) is 6.07 Å². The maximum atomic E-state index is 5.61. The van der Waals surface area contributed by atoms with Gasteiger partial charge in [0, 0.05) is 18.0 Å². The molecule has 0 aliphatic rings. The van der Waals surface area contributed by atoms with E-state index in [2.05, 4.69) is 51.6 Å². The van der Waals surface area contributed by atoms with Crippen molar-refractivity contribution in [2.45, 2.75) is 26.2 Å². The minimum atomic E-state index is -0.0799. The van der Waals surface area contributed by atoms with Crippen LogP contribution in [0.25, 0.3) is 0 Å². The third-order valence-electron chi connectivity index (χ3n) is 2.13. The van der Waals surface area contributed by atoms with Crippen molar-refractivity contribution in [2.75, 3.05) is 27.2 Å². The van der Waals surface area contributed by atoms with Gasteiger partial charge in [-0.3, -0.25) is 0 Å². The van der Waals surface area contributed by atoms with E-state index in [4.69, 9.17) is 4.74 Å². The summed E-state index contributed by atoms with van der Waals surface area (Å²) < 4.78 is 6.37. The average Bonchev–Trinajstić information content (AvgIpc) is 2.14. The van der Waals surface area contributed by atoms with Crippen LogP contribution in [0, 0.1) is 0 Å². The molecule has 0 bridgehead atoms. The molecular weight excluding hydrogens is 282 g/mol. The summed E-state index contributed by atoms with van der Waals surface area (Å²) in [7, 11) is 4.03. The van der Waals surface area contributed by atoms with E-state index in [0.717, 1.165) is 17.0 Å². The molecule has 1 rings (SSSR count). The highest BCUT2D eigenvalue weighted by molar-refractivity contribution is 9.10. The Labute approximate surface area is 112 Å². The van der Waals surface area contributed by atoms with Crippen LogP contribution >= 0.6 is 15.9 Å². The maximum Gasteiger partial charge on any atom is 0.217 e. The van der Waals surface area contributed by atoms with Gasteiger partial charge in [0.2, 0.25) is 5.88 Å². The fourth-order valence-corrected chi connectivity index (χ4v) is 1.50. The van der Waals surface area contributed by atoms with E-state index in [-0.39, 0.29) is 5.41 Å². The van der Waals surface area contributed by atoms with Crippen LogP contribution in [0.15, 0.2) is 10.7 Å². The molecule has 1 aromatic heterocycles. The molecule has 96 valence electrons. The average molecular weight is 302 g/mol. The molecule has 5 heteroatoms. The Morgan fingerprint density at radius 1 is 1.29 bits per heavy atom. The standard InChI is InChI=1S/C12H20BrN3O/c1-12(2,3)11-14-9(13)8-10(15-11)17-7-6-16(4)5/h8H,6-7H2,1-5H3. The molecule has 1 heterocycles. The predicted molar refractivity (Wildman–Crippen MR) is 72.5 cm³/mol. The lowest BCUT2D eigenvalue weighted by molar-refractivity contribution is 0.251. The van der Waals surface area contributed by atoms with Gasteiger partial charge < -0.3 is 9.64 Å². The quantitative estimate of drug-likeness (QED) is 0.801. The number of rotatable bonds is 4. The highest BCUT2D eigenvalue weighted by Gasteiger charge is 2.19. The fraction of sp³-hybridized carbons (Fsp3) is 0.667. The van der Waals surface area contributed by atoms with E-state index in [1.165, 1.54) is 0 Å². The highest BCUT2D eigenvalue weighted by atomic mass is 79.9. The SMILES string of the molecule is CN(C)CCOc1cc(Br)nc(C(C)(C)C)n1. The molecule has 0 N–H and O–H groups in total. The molecule has 0 aliphatic heterocycles. The topological polar surface area (TPSA) is 38.2 Å². The van der Waals surface area contributed by atoms with E-state index in [1.807, 2.05) is 14.1 Å². The van der Waals surface area contributed by atoms with Crippen molar-refractivity contribution in [1.29, 1.82) is 0 Å². The van der Waals surface area contributed by atoms with Crippen molar-refractivity contribution in [1.82, 2.24) is 14.9 Å². The van der Waals surface area contributed by atoms with E-state index >= 15 is 0 Å². The van der Waals surface area contributed by atoms with Gasteiger partial charge in [-0.05, 0) is 30.0 Å². The molecule has 0 amide bonds. The van der Waals surface area contributed by atoms with E-state index < -0.39 is 0 Å². The summed E-state index contributed by atoms with van der Waals surface area (Å²) >= 11 is 3.38. The summed E-state index contributed by atoms with van der Waals surface area (Å²) in [5, 5.41) is 0. The number of hydrogen-bond donors (Lipinski definition) is 0. The van der Waals surface area contributed by atoms with Crippen molar-refractivity contribution in [3.63, 3.8) is 0 Å². The summed E-state index contributed by atoms with van der Waals surface area (Å²) in [6.07, 6.45) is 0. The Hall–Kier alpha value is -0.680. The molecule has 0 saturated carbocycles. The Morgan fingerprint density at radius 2 is 1.94 bits per heavy atom. The molecule has 17 heavy (non-hydrogen) atoms. The van der Waals surface area contributed by atoms with Crippen molar-refractivity contribution in [3.05, 3.63) is 16.5 Å². The molecule has 1 aromatic rings. The normalized spacial score (nSPS) is 11.9. The lowest BCUT2D eigenvalue weighted by Gasteiger charge is -2.18. The Bertz CT molecular complexity index is 375. The number of likely N-dealkylation sites (N-methyl/N-ethyl adjacent to an activating group) is 1. The van der Waals surface area contributed by atoms with Gasteiger partial charge in [0.25, 0.3) is 0 Å². The van der Waals surface area contributed by atoms with Gasteiger partial charge in [-0.1, -0.05) is 20.8 Å². The lowest BCUT2D eigenvalue weighted by atomic mass is 9.96. The smallest absolute Gasteiger partial charge is 0.217 e. The second-order valence-corrected chi connectivity index (χ2v) is 6.07. The van der Waals surface area contributed by atoms with Gasteiger partial charge >= 0.3 is 0 Å². The first-order valence-corrected chi connectivity index (χ1v) is 6.41. The Balaban J connectivity index is 2.76. The molecule has 0 aromatic carbocycles. The summed E-state index contributed by atoms with van der Waals surface area (Å²) in [5.74, 6) is 1.41. The zero-order valence-electron chi connectivity index (χ0n) is 11.1. The van der Waals surface area contributed by atoms with Crippen LogP contribution in [0.3, 0.4) is 0 Å². The van der Waals surface area contributed by atoms with Gasteiger partial charge in [0.15, 0.2) is 0 Å². The van der Waals surface area contributed by atoms with Crippen molar-refractivity contribution in [2.24, 2.45) is 0 Å². The van der Waals surface area contributed by atoms with Crippen molar-refractivity contribution >= 4 is 15.9 Å². The van der Waals surface area contributed by atoms with Crippen molar-refractivity contribution < 1.29 is 4.74 Å². The predicted octanol–water partition coefficient (Wildman–Crippen LogP) is 2.48. The number of hydrogen-bond acceptors (Lipinski definition) is 4. The first-order valence-electron chi connectivity index (χ1n) is 5.61. The van der Waals surface area contributed by atoms with Gasteiger partial charge in [-0.25, -0.2) is 4.98 Å².